The summed E-state index contributed by atoms with van der Waals surface area (Å²) in [5.74, 6) is -1.56. The number of aromatic nitrogens is 1. The Hall–Kier alpha value is -0.850. The highest BCUT2D eigenvalue weighted by molar-refractivity contribution is 9.10. The molecule has 0 fully saturated rings. The predicted molar refractivity (Wildman–Crippen MR) is 43.3 cm³/mol. The van der Waals surface area contributed by atoms with Crippen molar-refractivity contribution in [2.24, 2.45) is 0 Å². The molecule has 0 saturated carbocycles. The van der Waals surface area contributed by atoms with Crippen molar-refractivity contribution >= 4 is 15.9 Å². The molecule has 1 rings (SSSR count). The number of hydrogen-bond donors (Lipinski definition) is 0. The first kappa shape index (κ1) is 11.2. The molecule has 0 aliphatic carbocycles. The average molecular weight is 274 g/mol. The first-order valence-corrected chi connectivity index (χ1v) is 4.17. The number of aryl methyl sites for hydroxylation is 1. The van der Waals surface area contributed by atoms with Crippen LogP contribution in [0.3, 0.4) is 0 Å². The van der Waals surface area contributed by atoms with Crippen molar-refractivity contribution in [1.82, 2.24) is 4.98 Å². The zero-order valence-corrected chi connectivity index (χ0v) is 8.41. The minimum absolute atomic E-state index is 0.00796. The summed E-state index contributed by atoms with van der Waals surface area (Å²) in [6, 6.07) is 0. The van der Waals surface area contributed by atoms with Gasteiger partial charge in [-0.05, 0) is 22.9 Å². The van der Waals surface area contributed by atoms with E-state index in [0.717, 1.165) is 6.20 Å². The molecule has 0 radical (unpaired) electrons. The second-order valence-electron chi connectivity index (χ2n) is 2.38. The molecule has 14 heavy (non-hydrogen) atoms. The zero-order valence-electron chi connectivity index (χ0n) is 6.82. The Kier molecular flexibility index (Phi) is 2.98. The first-order chi connectivity index (χ1) is 6.31. The maximum atomic E-state index is 13.0. The van der Waals surface area contributed by atoms with Crippen LogP contribution in [0.5, 0.6) is 5.75 Å². The largest absolute Gasteiger partial charge is 0.573 e. The van der Waals surface area contributed by atoms with Gasteiger partial charge in [0.1, 0.15) is 0 Å². The molecule has 0 aliphatic heterocycles. The van der Waals surface area contributed by atoms with Gasteiger partial charge in [-0.2, -0.15) is 0 Å². The van der Waals surface area contributed by atoms with Crippen molar-refractivity contribution < 1.29 is 22.3 Å². The van der Waals surface area contributed by atoms with Gasteiger partial charge in [0, 0.05) is 0 Å². The molecule has 0 unspecified atom stereocenters. The Balaban J connectivity index is 3.06. The van der Waals surface area contributed by atoms with Crippen molar-refractivity contribution in [3.63, 3.8) is 0 Å². The predicted octanol–water partition coefficient (Wildman–Crippen LogP) is 3.19. The van der Waals surface area contributed by atoms with E-state index in [1.54, 1.807) is 0 Å². The van der Waals surface area contributed by atoms with Gasteiger partial charge in [-0.15, -0.1) is 13.2 Å². The van der Waals surface area contributed by atoms with Crippen molar-refractivity contribution in [1.29, 1.82) is 0 Å². The van der Waals surface area contributed by atoms with Gasteiger partial charge in [-0.25, -0.2) is 4.39 Å². The molecule has 0 bridgehead atoms. The van der Waals surface area contributed by atoms with Gasteiger partial charge in [0.05, 0.1) is 16.4 Å². The molecule has 0 atom stereocenters. The fraction of sp³-hybridized carbons (Fsp3) is 0.286. The molecule has 0 spiro atoms. The number of hydrogen-bond acceptors (Lipinski definition) is 2. The first-order valence-electron chi connectivity index (χ1n) is 3.37. The monoisotopic (exact) mass is 273 g/mol. The van der Waals surface area contributed by atoms with Gasteiger partial charge in [-0.1, -0.05) is 0 Å². The molecule has 1 aromatic rings. The maximum absolute atomic E-state index is 13.0. The lowest BCUT2D eigenvalue weighted by Crippen LogP contribution is -2.18. The van der Waals surface area contributed by atoms with E-state index in [2.05, 4.69) is 25.7 Å². The Morgan fingerprint density at radius 2 is 2.00 bits per heavy atom. The third-order valence-corrected chi connectivity index (χ3v) is 2.07. The van der Waals surface area contributed by atoms with Crippen LogP contribution >= 0.6 is 15.9 Å². The summed E-state index contributed by atoms with van der Waals surface area (Å²) in [5.41, 5.74) is -0.00796. The lowest BCUT2D eigenvalue weighted by molar-refractivity contribution is -0.275. The molecule has 0 saturated heterocycles. The normalized spacial score (nSPS) is 11.6. The van der Waals surface area contributed by atoms with Crippen LogP contribution in [0.1, 0.15) is 5.69 Å². The van der Waals surface area contributed by atoms with E-state index in [9.17, 15) is 17.6 Å². The Labute approximate surface area is 85.0 Å². The SMILES string of the molecule is Cc1ncc(OC(F)(F)F)c(Br)c1F. The topological polar surface area (TPSA) is 22.1 Å². The second-order valence-corrected chi connectivity index (χ2v) is 3.18. The van der Waals surface area contributed by atoms with Crippen molar-refractivity contribution in [2.45, 2.75) is 13.3 Å². The van der Waals surface area contributed by atoms with Crippen LogP contribution in [-0.2, 0) is 0 Å². The molecule has 0 amide bonds. The standard InChI is InChI=1S/C7H4BrF4NO/c1-3-6(9)5(8)4(2-13-3)14-7(10,11)12/h2H,1H3. The minimum atomic E-state index is -4.86. The minimum Gasteiger partial charge on any atom is -0.403 e. The molecular weight excluding hydrogens is 270 g/mol. The van der Waals surface area contributed by atoms with Gasteiger partial charge in [-0.3, -0.25) is 4.98 Å². The van der Waals surface area contributed by atoms with Gasteiger partial charge >= 0.3 is 6.36 Å². The van der Waals surface area contributed by atoms with Crippen LogP contribution in [-0.4, -0.2) is 11.3 Å². The van der Waals surface area contributed by atoms with Gasteiger partial charge in [0.2, 0.25) is 0 Å². The van der Waals surface area contributed by atoms with Crippen molar-refractivity contribution in [2.75, 3.05) is 0 Å². The highest BCUT2D eigenvalue weighted by atomic mass is 79.9. The molecule has 2 nitrogen and oxygen atoms in total. The molecule has 7 heteroatoms. The number of pyridine rings is 1. The summed E-state index contributed by atoms with van der Waals surface area (Å²) < 4.78 is 51.4. The summed E-state index contributed by atoms with van der Waals surface area (Å²) in [4.78, 5) is 3.39. The third kappa shape index (κ3) is 2.57. The summed E-state index contributed by atoms with van der Waals surface area (Å²) in [6.45, 7) is 1.33. The van der Waals surface area contributed by atoms with Crippen LogP contribution < -0.4 is 4.74 Å². The molecule has 0 aromatic carbocycles. The van der Waals surface area contributed by atoms with Gasteiger partial charge in [0.25, 0.3) is 0 Å². The summed E-state index contributed by atoms with van der Waals surface area (Å²) in [6.07, 6.45) is -4.05. The van der Waals surface area contributed by atoms with Crippen LogP contribution in [0.25, 0.3) is 0 Å². The zero-order chi connectivity index (χ0) is 10.9. The summed E-state index contributed by atoms with van der Waals surface area (Å²) in [5, 5.41) is 0. The Bertz CT molecular complexity index is 352. The van der Waals surface area contributed by atoms with Crippen LogP contribution in [0, 0.1) is 12.7 Å². The number of halogens is 5. The number of ether oxygens (including phenoxy) is 1. The van der Waals surface area contributed by atoms with E-state index in [-0.39, 0.29) is 10.2 Å². The second kappa shape index (κ2) is 3.72. The molecular formula is C7H4BrF4NO. The maximum Gasteiger partial charge on any atom is 0.573 e. The number of nitrogens with zero attached hydrogens (tertiary/aromatic N) is 1. The molecule has 1 aromatic heterocycles. The lowest BCUT2D eigenvalue weighted by atomic mass is 10.3. The fourth-order valence-corrected chi connectivity index (χ4v) is 1.20. The van der Waals surface area contributed by atoms with Crippen LogP contribution in [0.2, 0.25) is 0 Å². The van der Waals surface area contributed by atoms with Gasteiger partial charge in [0.15, 0.2) is 11.6 Å². The smallest absolute Gasteiger partial charge is 0.403 e. The fourth-order valence-electron chi connectivity index (χ4n) is 0.732. The molecule has 0 N–H and O–H groups in total. The quantitative estimate of drug-likeness (QED) is 0.734. The van der Waals surface area contributed by atoms with E-state index in [1.165, 1.54) is 6.92 Å². The van der Waals surface area contributed by atoms with Crippen molar-refractivity contribution in [3.05, 3.63) is 22.2 Å². The van der Waals surface area contributed by atoms with Crippen LogP contribution in [0.15, 0.2) is 10.7 Å². The highest BCUT2D eigenvalue weighted by Gasteiger charge is 2.32. The Morgan fingerprint density at radius 1 is 1.43 bits per heavy atom. The molecule has 78 valence electrons. The summed E-state index contributed by atoms with van der Waals surface area (Å²) in [7, 11) is 0. The van der Waals surface area contributed by atoms with E-state index in [1.807, 2.05) is 0 Å². The van der Waals surface area contributed by atoms with E-state index < -0.39 is 17.9 Å². The van der Waals surface area contributed by atoms with E-state index in [0.29, 0.717) is 0 Å². The van der Waals surface area contributed by atoms with Crippen molar-refractivity contribution in [3.8, 4) is 5.75 Å². The molecule has 1 heterocycles. The summed E-state index contributed by atoms with van der Waals surface area (Å²) >= 11 is 2.64. The number of alkyl halides is 3. The third-order valence-electron chi connectivity index (χ3n) is 1.33. The lowest BCUT2D eigenvalue weighted by Gasteiger charge is -2.10. The number of rotatable bonds is 1. The van der Waals surface area contributed by atoms with Crippen LogP contribution in [0.4, 0.5) is 17.6 Å². The Morgan fingerprint density at radius 3 is 2.50 bits per heavy atom. The average Bonchev–Trinajstić information content (AvgIpc) is 2.04. The van der Waals surface area contributed by atoms with E-state index >= 15 is 0 Å². The van der Waals surface area contributed by atoms with E-state index in [4.69, 9.17) is 0 Å². The highest BCUT2D eigenvalue weighted by Crippen LogP contribution is 2.32. The van der Waals surface area contributed by atoms with Gasteiger partial charge < -0.3 is 4.74 Å². The molecule has 0 aliphatic rings.